The van der Waals surface area contributed by atoms with Gasteiger partial charge in [0.25, 0.3) is 0 Å². The molecule has 0 radical (unpaired) electrons. The number of benzene rings is 1. The van der Waals surface area contributed by atoms with Crippen molar-refractivity contribution in [1.82, 2.24) is 4.48 Å². The van der Waals surface area contributed by atoms with E-state index in [0.717, 1.165) is 5.69 Å². The summed E-state index contributed by atoms with van der Waals surface area (Å²) >= 11 is 0. The molecular formula is C11H16F3NO5S2. The van der Waals surface area contributed by atoms with Crippen LogP contribution in [0.4, 0.5) is 18.9 Å². The Morgan fingerprint density at radius 2 is 1.27 bits per heavy atom. The fourth-order valence-electron chi connectivity index (χ4n) is 1.14. The summed E-state index contributed by atoms with van der Waals surface area (Å²) in [7, 11) is -3.05. The molecule has 22 heavy (non-hydrogen) atoms. The fourth-order valence-corrected chi connectivity index (χ4v) is 1.77. The predicted molar refractivity (Wildman–Crippen MR) is 74.9 cm³/mol. The molecule has 0 unspecified atom stereocenters. The Kier molecular flexibility index (Phi) is 6.18. The van der Waals surface area contributed by atoms with Crippen LogP contribution in [0.15, 0.2) is 29.2 Å². The first-order valence-electron chi connectivity index (χ1n) is 5.60. The van der Waals surface area contributed by atoms with Crippen molar-refractivity contribution in [1.29, 1.82) is 0 Å². The summed E-state index contributed by atoms with van der Waals surface area (Å²) in [6.45, 7) is 0. The van der Waals surface area contributed by atoms with Crippen molar-refractivity contribution in [2.45, 2.75) is 10.4 Å². The van der Waals surface area contributed by atoms with Crippen LogP contribution in [-0.2, 0) is 20.0 Å². The third-order valence-corrected chi connectivity index (χ3v) is 4.02. The lowest BCUT2D eigenvalue weighted by molar-refractivity contribution is -0.0517. The molecule has 11 heteroatoms. The summed E-state index contributed by atoms with van der Waals surface area (Å²) < 4.78 is 82.0. The maximum absolute atomic E-state index is 11.2. The Hall–Kier alpha value is -1.17. The molecule has 0 aliphatic rings. The molecule has 0 fully saturated rings. The normalized spacial score (nSPS) is 13.3. The van der Waals surface area contributed by atoms with Gasteiger partial charge in [0, 0.05) is 18.4 Å². The van der Waals surface area contributed by atoms with E-state index in [0.29, 0.717) is 9.38 Å². The molecule has 1 rings (SSSR count). The molecule has 0 spiro atoms. The van der Waals surface area contributed by atoms with Crippen LogP contribution < -0.4 is 4.48 Å². The maximum Gasteiger partial charge on any atom is 0.485 e. The fraction of sp³-hybridized carbons (Fsp3) is 0.455. The average molecular weight is 363 g/mol. The Labute approximate surface area is 127 Å². The van der Waals surface area contributed by atoms with Gasteiger partial charge in [-0.2, -0.15) is 13.2 Å². The van der Waals surface area contributed by atoms with Gasteiger partial charge in [-0.05, 0) is 12.1 Å². The zero-order valence-electron chi connectivity index (χ0n) is 12.2. The van der Waals surface area contributed by atoms with E-state index < -0.39 is 25.5 Å². The lowest BCUT2D eigenvalue weighted by Crippen LogP contribution is -2.34. The molecule has 0 bridgehead atoms. The van der Waals surface area contributed by atoms with Crippen molar-refractivity contribution in [3.8, 4) is 0 Å². The van der Waals surface area contributed by atoms with E-state index in [2.05, 4.69) is 0 Å². The number of sulfone groups is 1. The molecule has 128 valence electrons. The molecule has 0 aliphatic heterocycles. The van der Waals surface area contributed by atoms with Gasteiger partial charge in [-0.3, -0.25) is 4.48 Å². The first kappa shape index (κ1) is 20.8. The number of nitrogens with zero attached hydrogens (tertiary/aromatic N) is 1. The Morgan fingerprint density at radius 1 is 0.955 bits per heavy atom. The van der Waals surface area contributed by atoms with Gasteiger partial charge in [-0.1, -0.05) is 0 Å². The number of hydrogen-bond acceptors (Lipinski definition) is 5. The van der Waals surface area contributed by atoms with Crippen LogP contribution in [0.2, 0.25) is 0 Å². The summed E-state index contributed by atoms with van der Waals surface area (Å²) in [6, 6.07) is 6.98. The summed E-state index contributed by atoms with van der Waals surface area (Å²) in [6.07, 6.45) is 1.22. The molecular weight excluding hydrogens is 347 g/mol. The highest BCUT2D eigenvalue weighted by atomic mass is 32.2. The third kappa shape index (κ3) is 6.73. The van der Waals surface area contributed by atoms with Crippen LogP contribution in [-0.4, -0.2) is 54.3 Å². The summed E-state index contributed by atoms with van der Waals surface area (Å²) in [5.41, 5.74) is -4.56. The molecule has 0 aromatic heterocycles. The van der Waals surface area contributed by atoms with E-state index in [4.69, 9.17) is 13.0 Å². The Morgan fingerprint density at radius 3 is 1.45 bits per heavy atom. The summed E-state index contributed by atoms with van der Waals surface area (Å²) in [4.78, 5) is 0.370. The second-order valence-electron chi connectivity index (χ2n) is 5.18. The van der Waals surface area contributed by atoms with E-state index in [1.165, 1.54) is 6.26 Å². The zero-order chi connectivity index (χ0) is 18.0. The minimum atomic E-state index is -6.09. The maximum atomic E-state index is 11.2. The lowest BCUT2D eigenvalue weighted by Gasteiger charge is -2.23. The number of quaternary nitrogens is 1. The molecule has 0 amide bonds. The monoisotopic (exact) mass is 363 g/mol. The number of halogens is 3. The second kappa shape index (κ2) is 6.52. The minimum absolute atomic E-state index is 0.370. The molecule has 1 aromatic rings. The molecule has 0 aliphatic carbocycles. The predicted octanol–water partition coefficient (Wildman–Crippen LogP) is 1.34. The highest BCUT2D eigenvalue weighted by Crippen LogP contribution is 2.20. The van der Waals surface area contributed by atoms with Gasteiger partial charge in [-0.25, -0.2) is 16.8 Å². The summed E-state index contributed by atoms with van der Waals surface area (Å²) in [5, 5.41) is 0. The average Bonchev–Trinajstić information content (AvgIpc) is 2.25. The van der Waals surface area contributed by atoms with Crippen molar-refractivity contribution in [2.75, 3.05) is 27.4 Å². The van der Waals surface area contributed by atoms with Crippen molar-refractivity contribution in [3.05, 3.63) is 24.3 Å². The largest absolute Gasteiger partial charge is 0.741 e. The number of rotatable bonds is 2. The zero-order valence-corrected chi connectivity index (χ0v) is 13.9. The minimum Gasteiger partial charge on any atom is -0.741 e. The van der Waals surface area contributed by atoms with Gasteiger partial charge < -0.3 is 4.55 Å². The first-order valence-corrected chi connectivity index (χ1v) is 8.90. The topological polar surface area (TPSA) is 91.3 Å². The molecule has 0 N–H and O–H groups in total. The standard InChI is InChI=1S/C10H16NO2S.CHF3O3S/c1-11(2,3)9-5-7-10(8-6-9)14(4,12)13;2-1(3,4)8(5,6)7/h5-8H,1-4H3;(H,5,6,7)/q+1;/p-1. The number of hydrogen-bond donors (Lipinski definition) is 0. The van der Waals surface area contributed by atoms with Crippen LogP contribution in [0.3, 0.4) is 0 Å². The van der Waals surface area contributed by atoms with E-state index >= 15 is 0 Å². The van der Waals surface area contributed by atoms with Gasteiger partial charge in [0.2, 0.25) is 0 Å². The molecule has 0 atom stereocenters. The number of alkyl halides is 3. The highest BCUT2D eigenvalue weighted by Gasteiger charge is 2.36. The highest BCUT2D eigenvalue weighted by molar-refractivity contribution is 7.90. The SMILES string of the molecule is C[N+](C)(C)c1ccc(S(C)(=O)=O)cc1.O=S(=O)([O-])C(F)(F)F. The van der Waals surface area contributed by atoms with Gasteiger partial charge >= 0.3 is 5.51 Å². The molecule has 0 saturated heterocycles. The van der Waals surface area contributed by atoms with E-state index in [1.807, 2.05) is 33.3 Å². The summed E-state index contributed by atoms with van der Waals surface area (Å²) in [5.74, 6) is 0. The molecule has 0 saturated carbocycles. The first-order chi connectivity index (χ1) is 9.46. The van der Waals surface area contributed by atoms with Crippen LogP contribution >= 0.6 is 0 Å². The van der Waals surface area contributed by atoms with Crippen LogP contribution in [0.5, 0.6) is 0 Å². The lowest BCUT2D eigenvalue weighted by atomic mass is 10.3. The van der Waals surface area contributed by atoms with Crippen molar-refractivity contribution in [3.63, 3.8) is 0 Å². The van der Waals surface area contributed by atoms with Crippen molar-refractivity contribution in [2.24, 2.45) is 0 Å². The van der Waals surface area contributed by atoms with Crippen LogP contribution in [0.1, 0.15) is 0 Å². The van der Waals surface area contributed by atoms with Crippen molar-refractivity contribution < 1.29 is 34.6 Å². The Balaban J connectivity index is 0.000000472. The van der Waals surface area contributed by atoms with Crippen molar-refractivity contribution >= 4 is 25.6 Å². The molecule has 6 nitrogen and oxygen atoms in total. The molecule has 1 aromatic carbocycles. The van der Waals surface area contributed by atoms with Gasteiger partial charge in [0.15, 0.2) is 20.0 Å². The smallest absolute Gasteiger partial charge is 0.485 e. The Bertz CT molecular complexity index is 702. The third-order valence-electron chi connectivity index (χ3n) is 2.32. The van der Waals surface area contributed by atoms with Crippen LogP contribution in [0.25, 0.3) is 0 Å². The van der Waals surface area contributed by atoms with Gasteiger partial charge in [-0.15, -0.1) is 0 Å². The quantitative estimate of drug-likeness (QED) is 0.449. The van der Waals surface area contributed by atoms with Crippen LogP contribution in [0, 0.1) is 0 Å². The van der Waals surface area contributed by atoms with E-state index in [1.54, 1.807) is 12.1 Å². The second-order valence-corrected chi connectivity index (χ2v) is 8.57. The van der Waals surface area contributed by atoms with E-state index in [-0.39, 0.29) is 0 Å². The van der Waals surface area contributed by atoms with Gasteiger partial charge in [0.1, 0.15) is 5.69 Å². The molecule has 0 heterocycles. The van der Waals surface area contributed by atoms with E-state index in [9.17, 15) is 21.6 Å². The van der Waals surface area contributed by atoms with Gasteiger partial charge in [0.05, 0.1) is 26.0 Å².